The number of furan rings is 1. The molecule has 0 atom stereocenters. The van der Waals surface area contributed by atoms with Crippen LogP contribution in [0.3, 0.4) is 0 Å². The Kier molecular flexibility index (Phi) is 5.32. The van der Waals surface area contributed by atoms with Crippen LogP contribution in [0.4, 0.5) is 10.8 Å². The first kappa shape index (κ1) is 19.2. The third kappa shape index (κ3) is 4.30. The number of anilines is 2. The summed E-state index contributed by atoms with van der Waals surface area (Å²) in [7, 11) is 1.60. The van der Waals surface area contributed by atoms with Crippen LogP contribution < -0.4 is 15.4 Å². The first-order valence-corrected chi connectivity index (χ1v) is 10.1. The number of hydrogen-bond donors (Lipinski definition) is 2. The zero-order valence-electron chi connectivity index (χ0n) is 15.1. The SMILES string of the molecule is COc1ccc2nc(NC(=O)c3cccc(NC(=O)c4ccc(Br)o4)c3)sc2c1. The van der Waals surface area contributed by atoms with E-state index in [1.807, 2.05) is 18.2 Å². The molecular weight excluding hydrogens is 458 g/mol. The normalized spacial score (nSPS) is 10.7. The maximum atomic E-state index is 12.6. The summed E-state index contributed by atoms with van der Waals surface area (Å²) in [4.78, 5) is 29.2. The van der Waals surface area contributed by atoms with E-state index in [-0.39, 0.29) is 11.7 Å². The summed E-state index contributed by atoms with van der Waals surface area (Å²) in [5.74, 6) is 0.156. The molecule has 146 valence electrons. The number of ether oxygens (including phenoxy) is 1. The fraction of sp³-hybridized carbons (Fsp3) is 0.0500. The molecule has 0 unspecified atom stereocenters. The van der Waals surface area contributed by atoms with Crippen LogP contribution in [0.2, 0.25) is 0 Å². The Bertz CT molecular complexity index is 1220. The van der Waals surface area contributed by atoms with E-state index < -0.39 is 5.91 Å². The number of carbonyl (C=O) groups excluding carboxylic acids is 2. The quantitative estimate of drug-likeness (QED) is 0.418. The summed E-state index contributed by atoms with van der Waals surface area (Å²) in [5.41, 5.74) is 1.64. The molecule has 29 heavy (non-hydrogen) atoms. The maximum Gasteiger partial charge on any atom is 0.291 e. The van der Waals surface area contributed by atoms with Crippen LogP contribution in [0.5, 0.6) is 5.75 Å². The number of methoxy groups -OCH3 is 1. The molecule has 2 amide bonds. The second kappa shape index (κ2) is 8.06. The number of hydrogen-bond acceptors (Lipinski definition) is 6. The number of thiazole rings is 1. The van der Waals surface area contributed by atoms with Crippen LogP contribution in [-0.2, 0) is 0 Å². The molecule has 0 saturated heterocycles. The fourth-order valence-electron chi connectivity index (χ4n) is 2.62. The van der Waals surface area contributed by atoms with Gasteiger partial charge in [0.15, 0.2) is 15.6 Å². The van der Waals surface area contributed by atoms with Gasteiger partial charge in [-0.25, -0.2) is 4.98 Å². The minimum Gasteiger partial charge on any atom is -0.497 e. The first-order valence-electron chi connectivity index (χ1n) is 8.44. The van der Waals surface area contributed by atoms with E-state index in [0.29, 0.717) is 21.1 Å². The number of amides is 2. The molecule has 9 heteroatoms. The van der Waals surface area contributed by atoms with Crippen LogP contribution in [0.15, 0.2) is 63.7 Å². The van der Waals surface area contributed by atoms with Crippen molar-refractivity contribution in [2.75, 3.05) is 17.7 Å². The van der Waals surface area contributed by atoms with Gasteiger partial charge < -0.3 is 14.5 Å². The molecule has 4 rings (SSSR count). The molecule has 2 N–H and O–H groups in total. The van der Waals surface area contributed by atoms with Crippen LogP contribution in [-0.4, -0.2) is 23.9 Å². The van der Waals surface area contributed by atoms with E-state index in [2.05, 4.69) is 31.5 Å². The van der Waals surface area contributed by atoms with Gasteiger partial charge in [0.05, 0.1) is 17.3 Å². The maximum absolute atomic E-state index is 12.6. The van der Waals surface area contributed by atoms with Gasteiger partial charge in [0.2, 0.25) is 0 Å². The van der Waals surface area contributed by atoms with E-state index in [4.69, 9.17) is 9.15 Å². The highest BCUT2D eigenvalue weighted by Crippen LogP contribution is 2.29. The number of fused-ring (bicyclic) bond motifs is 1. The van der Waals surface area contributed by atoms with Crippen molar-refractivity contribution in [3.8, 4) is 5.75 Å². The topological polar surface area (TPSA) is 93.5 Å². The van der Waals surface area contributed by atoms with Gasteiger partial charge in [-0.15, -0.1) is 0 Å². The van der Waals surface area contributed by atoms with Crippen molar-refractivity contribution in [3.05, 3.63) is 70.6 Å². The Balaban J connectivity index is 1.49. The molecule has 7 nitrogen and oxygen atoms in total. The molecule has 0 fully saturated rings. The molecule has 2 aromatic carbocycles. The molecule has 0 bridgehead atoms. The summed E-state index contributed by atoms with van der Waals surface area (Å²) in [5, 5.41) is 5.98. The molecule has 0 radical (unpaired) electrons. The predicted molar refractivity (Wildman–Crippen MR) is 115 cm³/mol. The second-order valence-corrected chi connectivity index (χ2v) is 7.76. The third-order valence-corrected chi connectivity index (χ3v) is 5.36. The second-order valence-electron chi connectivity index (χ2n) is 5.95. The van der Waals surface area contributed by atoms with Gasteiger partial charge in [0.1, 0.15) is 5.75 Å². The van der Waals surface area contributed by atoms with Gasteiger partial charge in [-0.1, -0.05) is 17.4 Å². The van der Waals surface area contributed by atoms with Crippen LogP contribution in [0.1, 0.15) is 20.9 Å². The highest BCUT2D eigenvalue weighted by Gasteiger charge is 2.14. The number of nitrogens with zero attached hydrogens (tertiary/aromatic N) is 1. The van der Waals surface area contributed by atoms with Gasteiger partial charge in [0, 0.05) is 11.3 Å². The molecule has 2 heterocycles. The average Bonchev–Trinajstić information content (AvgIpc) is 3.33. The monoisotopic (exact) mass is 471 g/mol. The summed E-state index contributed by atoms with van der Waals surface area (Å²) in [6.07, 6.45) is 0. The predicted octanol–water partition coefficient (Wildman–Crippen LogP) is 5.17. The Morgan fingerprint density at radius 2 is 1.93 bits per heavy atom. The van der Waals surface area contributed by atoms with Crippen LogP contribution >= 0.6 is 27.3 Å². The Morgan fingerprint density at radius 1 is 1.07 bits per heavy atom. The largest absolute Gasteiger partial charge is 0.497 e. The molecular formula is C20H14BrN3O4S. The van der Waals surface area contributed by atoms with Gasteiger partial charge in [-0.3, -0.25) is 14.9 Å². The minimum atomic E-state index is -0.409. The lowest BCUT2D eigenvalue weighted by molar-refractivity contribution is 0.0992. The summed E-state index contributed by atoms with van der Waals surface area (Å²) in [6, 6.07) is 15.3. The van der Waals surface area contributed by atoms with Crippen molar-refractivity contribution >= 4 is 60.1 Å². The van der Waals surface area contributed by atoms with Gasteiger partial charge in [-0.05, 0) is 64.5 Å². The number of rotatable bonds is 5. The highest BCUT2D eigenvalue weighted by atomic mass is 79.9. The molecule has 4 aromatic rings. The van der Waals surface area contributed by atoms with E-state index in [1.54, 1.807) is 43.5 Å². The highest BCUT2D eigenvalue weighted by molar-refractivity contribution is 9.10. The molecule has 0 aliphatic heterocycles. The summed E-state index contributed by atoms with van der Waals surface area (Å²) < 4.78 is 11.8. The first-order chi connectivity index (χ1) is 14.0. The van der Waals surface area contributed by atoms with E-state index in [1.165, 1.54) is 11.3 Å². The van der Waals surface area contributed by atoms with Crippen molar-refractivity contribution < 1.29 is 18.7 Å². The molecule has 0 aliphatic rings. The van der Waals surface area contributed by atoms with Crippen molar-refractivity contribution in [2.24, 2.45) is 0 Å². The van der Waals surface area contributed by atoms with Gasteiger partial charge in [-0.2, -0.15) is 0 Å². The molecule has 0 aliphatic carbocycles. The minimum absolute atomic E-state index is 0.164. The summed E-state index contributed by atoms with van der Waals surface area (Å²) in [6.45, 7) is 0. The average molecular weight is 472 g/mol. The van der Waals surface area contributed by atoms with Crippen molar-refractivity contribution in [2.45, 2.75) is 0 Å². The Morgan fingerprint density at radius 3 is 2.69 bits per heavy atom. The van der Waals surface area contributed by atoms with E-state index in [0.717, 1.165) is 16.0 Å². The Hall–Kier alpha value is -3.17. The smallest absolute Gasteiger partial charge is 0.291 e. The zero-order valence-corrected chi connectivity index (χ0v) is 17.5. The van der Waals surface area contributed by atoms with Crippen LogP contribution in [0, 0.1) is 0 Å². The van der Waals surface area contributed by atoms with Crippen LogP contribution in [0.25, 0.3) is 10.2 Å². The molecule has 2 aromatic heterocycles. The molecule has 0 spiro atoms. The van der Waals surface area contributed by atoms with Gasteiger partial charge >= 0.3 is 0 Å². The standard InChI is InChI=1S/C20H14BrN3O4S/c1-27-13-5-6-14-16(10-13)29-20(23-14)24-18(25)11-3-2-4-12(9-11)22-19(26)15-7-8-17(21)28-15/h2-10H,1H3,(H,22,26)(H,23,24,25). The van der Waals surface area contributed by atoms with E-state index in [9.17, 15) is 9.59 Å². The number of nitrogens with one attached hydrogen (secondary N) is 2. The van der Waals surface area contributed by atoms with Crippen molar-refractivity contribution in [1.29, 1.82) is 0 Å². The number of aromatic nitrogens is 1. The Labute approximate surface area is 177 Å². The number of benzene rings is 2. The van der Waals surface area contributed by atoms with E-state index >= 15 is 0 Å². The van der Waals surface area contributed by atoms with Gasteiger partial charge in [0.25, 0.3) is 11.8 Å². The lowest BCUT2D eigenvalue weighted by Crippen LogP contribution is -2.14. The lowest BCUT2D eigenvalue weighted by Gasteiger charge is -2.06. The number of halogens is 1. The third-order valence-electron chi connectivity index (χ3n) is 4.00. The fourth-order valence-corrected chi connectivity index (χ4v) is 3.82. The molecule has 0 saturated carbocycles. The van der Waals surface area contributed by atoms with Crippen molar-refractivity contribution in [1.82, 2.24) is 4.98 Å². The summed E-state index contributed by atoms with van der Waals surface area (Å²) >= 11 is 4.51. The zero-order chi connectivity index (χ0) is 20.4. The lowest BCUT2D eigenvalue weighted by atomic mass is 10.2. The van der Waals surface area contributed by atoms with Crippen molar-refractivity contribution in [3.63, 3.8) is 0 Å². The number of carbonyl (C=O) groups is 2.